The van der Waals surface area contributed by atoms with Crippen molar-refractivity contribution in [3.63, 3.8) is 0 Å². The average molecular weight is 364 g/mol. The molecule has 0 bridgehead atoms. The van der Waals surface area contributed by atoms with Gasteiger partial charge in [0.15, 0.2) is 11.5 Å². The molecule has 0 radical (unpaired) electrons. The van der Waals surface area contributed by atoms with Gasteiger partial charge >= 0.3 is 0 Å². The molecule has 0 unspecified atom stereocenters. The molecule has 0 fully saturated rings. The smallest absolute Gasteiger partial charge is 0.248 e. The van der Waals surface area contributed by atoms with Crippen LogP contribution >= 0.6 is 23.4 Å². The number of nitrogens with one attached hydrogen (secondary N) is 1. The molecule has 2 aromatic rings. The standard InChI is InChI=1S/C18H18ClNO3S/c1-22-16-10-12(9-15(19)18(16)23-2)7-8-17(21)20-13-5-4-6-14(11-13)24-3/h4-11H,1-3H3,(H,20,21)/b8-7+. The molecule has 0 aromatic heterocycles. The Morgan fingerprint density at radius 1 is 1.21 bits per heavy atom. The maximum atomic E-state index is 12.1. The van der Waals surface area contributed by atoms with Gasteiger partial charge in [-0.25, -0.2) is 0 Å². The Balaban J connectivity index is 2.12. The molecule has 0 saturated carbocycles. The first kappa shape index (κ1) is 18.2. The Labute approximate surface area is 150 Å². The minimum absolute atomic E-state index is 0.223. The maximum Gasteiger partial charge on any atom is 0.248 e. The number of methoxy groups -OCH3 is 2. The van der Waals surface area contributed by atoms with Gasteiger partial charge in [0.1, 0.15) is 0 Å². The molecule has 0 aliphatic rings. The quantitative estimate of drug-likeness (QED) is 0.595. The third-order valence-corrected chi connectivity index (χ3v) is 4.23. The Morgan fingerprint density at radius 2 is 2.00 bits per heavy atom. The molecule has 1 amide bonds. The normalized spacial score (nSPS) is 10.7. The molecule has 4 nitrogen and oxygen atoms in total. The number of halogens is 1. The van der Waals surface area contributed by atoms with Crippen molar-refractivity contribution < 1.29 is 14.3 Å². The van der Waals surface area contributed by atoms with Gasteiger partial charge in [0.05, 0.1) is 19.2 Å². The van der Waals surface area contributed by atoms with Crippen molar-refractivity contribution in [3.8, 4) is 11.5 Å². The number of hydrogen-bond donors (Lipinski definition) is 1. The molecule has 0 spiro atoms. The Morgan fingerprint density at radius 3 is 2.67 bits per heavy atom. The SMILES string of the molecule is COc1cc(/C=C/C(=O)Nc2cccc(SC)c2)cc(Cl)c1OC. The lowest BCUT2D eigenvalue weighted by molar-refractivity contribution is -0.111. The highest BCUT2D eigenvalue weighted by atomic mass is 35.5. The second kappa shape index (κ2) is 8.66. The van der Waals surface area contributed by atoms with Crippen molar-refractivity contribution in [1.82, 2.24) is 0 Å². The van der Waals surface area contributed by atoms with Gasteiger partial charge in [0.2, 0.25) is 5.91 Å². The highest BCUT2D eigenvalue weighted by Crippen LogP contribution is 2.36. The molecule has 0 aliphatic carbocycles. The molecule has 0 heterocycles. The van der Waals surface area contributed by atoms with Crippen LogP contribution in [0.25, 0.3) is 6.08 Å². The van der Waals surface area contributed by atoms with Crippen LogP contribution in [0.3, 0.4) is 0 Å². The van der Waals surface area contributed by atoms with E-state index in [4.69, 9.17) is 21.1 Å². The third kappa shape index (κ3) is 4.69. The van der Waals surface area contributed by atoms with E-state index in [0.29, 0.717) is 16.5 Å². The van der Waals surface area contributed by atoms with Crippen LogP contribution < -0.4 is 14.8 Å². The van der Waals surface area contributed by atoms with Crippen LogP contribution in [0.2, 0.25) is 5.02 Å². The van der Waals surface area contributed by atoms with E-state index in [-0.39, 0.29) is 5.91 Å². The second-order valence-electron chi connectivity index (χ2n) is 4.79. The summed E-state index contributed by atoms with van der Waals surface area (Å²) in [5.41, 5.74) is 1.49. The van der Waals surface area contributed by atoms with Crippen LogP contribution in [-0.2, 0) is 4.79 Å². The maximum absolute atomic E-state index is 12.1. The van der Waals surface area contributed by atoms with E-state index < -0.39 is 0 Å². The largest absolute Gasteiger partial charge is 0.493 e. The van der Waals surface area contributed by atoms with Crippen LogP contribution in [0.1, 0.15) is 5.56 Å². The predicted octanol–water partition coefficient (Wildman–Crippen LogP) is 4.73. The van der Waals surface area contributed by atoms with Gasteiger partial charge in [-0.2, -0.15) is 0 Å². The Hall–Kier alpha value is -2.11. The summed E-state index contributed by atoms with van der Waals surface area (Å²) in [6.07, 6.45) is 5.10. The molecule has 1 N–H and O–H groups in total. The molecular formula is C18H18ClNO3S. The van der Waals surface area contributed by atoms with Gasteiger partial charge in [0.25, 0.3) is 0 Å². The topological polar surface area (TPSA) is 47.6 Å². The fourth-order valence-corrected chi connectivity index (χ4v) is 2.85. The van der Waals surface area contributed by atoms with Crippen molar-refractivity contribution in [3.05, 3.63) is 53.1 Å². The van der Waals surface area contributed by atoms with Crippen molar-refractivity contribution in [2.24, 2.45) is 0 Å². The number of carbonyl (C=O) groups is 1. The minimum Gasteiger partial charge on any atom is -0.493 e. The molecule has 126 valence electrons. The summed E-state index contributed by atoms with van der Waals surface area (Å²) in [6, 6.07) is 11.1. The zero-order chi connectivity index (χ0) is 17.5. The second-order valence-corrected chi connectivity index (χ2v) is 6.08. The minimum atomic E-state index is -0.223. The average Bonchev–Trinajstić information content (AvgIpc) is 2.59. The van der Waals surface area contributed by atoms with Gasteiger partial charge in [-0.05, 0) is 48.2 Å². The number of anilines is 1. The molecule has 0 aliphatic heterocycles. The third-order valence-electron chi connectivity index (χ3n) is 3.22. The monoisotopic (exact) mass is 363 g/mol. The predicted molar refractivity (Wildman–Crippen MR) is 100 cm³/mol. The first-order valence-electron chi connectivity index (χ1n) is 7.12. The fraction of sp³-hybridized carbons (Fsp3) is 0.167. The number of ether oxygens (including phenoxy) is 2. The van der Waals surface area contributed by atoms with E-state index in [2.05, 4.69) is 5.32 Å². The highest BCUT2D eigenvalue weighted by Gasteiger charge is 2.09. The zero-order valence-electron chi connectivity index (χ0n) is 13.6. The summed E-state index contributed by atoms with van der Waals surface area (Å²) in [7, 11) is 3.06. The van der Waals surface area contributed by atoms with Gasteiger partial charge in [0, 0.05) is 16.7 Å². The summed E-state index contributed by atoms with van der Waals surface area (Å²) < 4.78 is 10.4. The molecule has 0 atom stereocenters. The number of amides is 1. The lowest BCUT2D eigenvalue weighted by atomic mass is 10.2. The van der Waals surface area contributed by atoms with E-state index in [1.807, 2.05) is 30.5 Å². The molecule has 6 heteroatoms. The van der Waals surface area contributed by atoms with Gasteiger partial charge < -0.3 is 14.8 Å². The highest BCUT2D eigenvalue weighted by molar-refractivity contribution is 7.98. The van der Waals surface area contributed by atoms with E-state index in [9.17, 15) is 4.79 Å². The van der Waals surface area contributed by atoms with Crippen LogP contribution in [0.5, 0.6) is 11.5 Å². The number of rotatable bonds is 6. The summed E-state index contributed by atoms with van der Waals surface area (Å²) in [5, 5.41) is 3.25. The first-order valence-corrected chi connectivity index (χ1v) is 8.72. The van der Waals surface area contributed by atoms with E-state index >= 15 is 0 Å². The van der Waals surface area contributed by atoms with Crippen LogP contribution in [0.15, 0.2) is 47.4 Å². The number of hydrogen-bond acceptors (Lipinski definition) is 4. The number of benzene rings is 2. The van der Waals surface area contributed by atoms with Gasteiger partial charge in [-0.15, -0.1) is 11.8 Å². The molecule has 24 heavy (non-hydrogen) atoms. The Kier molecular flexibility index (Phi) is 6.58. The fourth-order valence-electron chi connectivity index (χ4n) is 2.09. The summed E-state index contributed by atoms with van der Waals surface area (Å²) in [4.78, 5) is 13.1. The van der Waals surface area contributed by atoms with Crippen molar-refractivity contribution in [2.45, 2.75) is 4.90 Å². The van der Waals surface area contributed by atoms with E-state index in [1.165, 1.54) is 20.3 Å². The van der Waals surface area contributed by atoms with Crippen LogP contribution in [-0.4, -0.2) is 26.4 Å². The van der Waals surface area contributed by atoms with Gasteiger partial charge in [-0.1, -0.05) is 17.7 Å². The van der Waals surface area contributed by atoms with E-state index in [0.717, 1.165) is 16.1 Å². The molecular weight excluding hydrogens is 346 g/mol. The summed E-state index contributed by atoms with van der Waals surface area (Å²) in [5.74, 6) is 0.756. The van der Waals surface area contributed by atoms with Crippen molar-refractivity contribution in [2.75, 3.05) is 25.8 Å². The van der Waals surface area contributed by atoms with Crippen LogP contribution in [0.4, 0.5) is 5.69 Å². The summed E-state index contributed by atoms with van der Waals surface area (Å²) >= 11 is 7.77. The number of carbonyl (C=O) groups excluding carboxylic acids is 1. The van der Waals surface area contributed by atoms with E-state index in [1.54, 1.807) is 30.0 Å². The lowest BCUT2D eigenvalue weighted by Crippen LogP contribution is -2.07. The Bertz CT molecular complexity index is 762. The van der Waals surface area contributed by atoms with Crippen LogP contribution in [0, 0.1) is 0 Å². The molecule has 2 aromatic carbocycles. The summed E-state index contributed by atoms with van der Waals surface area (Å²) in [6.45, 7) is 0. The lowest BCUT2D eigenvalue weighted by Gasteiger charge is -2.10. The number of thioether (sulfide) groups is 1. The molecule has 0 saturated heterocycles. The van der Waals surface area contributed by atoms with Gasteiger partial charge in [-0.3, -0.25) is 4.79 Å². The molecule has 2 rings (SSSR count). The first-order chi connectivity index (χ1) is 11.6. The van der Waals surface area contributed by atoms with Crippen molar-refractivity contribution >= 4 is 41.0 Å². The zero-order valence-corrected chi connectivity index (χ0v) is 15.2. The van der Waals surface area contributed by atoms with Crippen molar-refractivity contribution in [1.29, 1.82) is 0 Å².